The highest BCUT2D eigenvalue weighted by Crippen LogP contribution is 2.42. The molecule has 98 valence electrons. The van der Waals surface area contributed by atoms with Gasteiger partial charge in [-0.25, -0.2) is 9.18 Å². The van der Waals surface area contributed by atoms with Crippen molar-refractivity contribution in [3.05, 3.63) is 0 Å². The molecule has 2 rings (SSSR count). The van der Waals surface area contributed by atoms with Crippen LogP contribution in [0.3, 0.4) is 0 Å². The van der Waals surface area contributed by atoms with Crippen LogP contribution >= 0.6 is 0 Å². The van der Waals surface area contributed by atoms with Crippen molar-refractivity contribution < 1.29 is 18.7 Å². The lowest BCUT2D eigenvalue weighted by atomic mass is 9.72. The smallest absolute Gasteiger partial charge is 0.410 e. The Labute approximate surface area is 101 Å². The lowest BCUT2D eigenvalue weighted by Crippen LogP contribution is -2.65. The Balaban J connectivity index is 1.87. The van der Waals surface area contributed by atoms with Gasteiger partial charge >= 0.3 is 6.09 Å². The van der Waals surface area contributed by atoms with Gasteiger partial charge in [0.05, 0.1) is 6.61 Å². The average Bonchev–Trinajstić information content (AvgIpc) is 2.12. The first kappa shape index (κ1) is 12.6. The minimum atomic E-state index is -0.963. The van der Waals surface area contributed by atoms with Gasteiger partial charge in [-0.15, -0.1) is 0 Å². The maximum absolute atomic E-state index is 13.8. The summed E-state index contributed by atoms with van der Waals surface area (Å²) in [5.74, 6) is 0. The van der Waals surface area contributed by atoms with Crippen molar-refractivity contribution in [2.75, 3.05) is 26.3 Å². The predicted octanol–water partition coefficient (Wildman–Crippen LogP) is 1.98. The molecule has 2 aliphatic heterocycles. The number of halogens is 1. The van der Waals surface area contributed by atoms with Gasteiger partial charge in [0, 0.05) is 25.1 Å². The number of nitrogens with zero attached hydrogens (tertiary/aromatic N) is 1. The van der Waals surface area contributed by atoms with Crippen molar-refractivity contribution in [1.82, 2.24) is 4.90 Å². The van der Waals surface area contributed by atoms with Crippen molar-refractivity contribution in [2.24, 2.45) is 5.41 Å². The molecule has 4 nitrogen and oxygen atoms in total. The summed E-state index contributed by atoms with van der Waals surface area (Å²) in [4.78, 5) is 13.3. The minimum Gasteiger partial charge on any atom is -0.444 e. The second-order valence-corrected chi connectivity index (χ2v) is 5.99. The fourth-order valence-electron chi connectivity index (χ4n) is 2.32. The Bertz CT molecular complexity index is 307. The van der Waals surface area contributed by atoms with E-state index in [0.717, 1.165) is 0 Å². The summed E-state index contributed by atoms with van der Waals surface area (Å²) in [5.41, 5.74) is -0.875. The van der Waals surface area contributed by atoms with Crippen molar-refractivity contribution in [1.29, 1.82) is 0 Å². The molecular weight excluding hydrogens is 225 g/mol. The first-order chi connectivity index (χ1) is 7.82. The zero-order valence-electron chi connectivity index (χ0n) is 10.7. The molecule has 0 aromatic carbocycles. The number of amides is 1. The number of carbonyl (C=O) groups excluding carboxylic acids is 1. The van der Waals surface area contributed by atoms with Gasteiger partial charge in [0.25, 0.3) is 0 Å². The summed E-state index contributed by atoms with van der Waals surface area (Å²) < 4.78 is 24.1. The van der Waals surface area contributed by atoms with Gasteiger partial charge in [-0.05, 0) is 27.2 Å². The fourth-order valence-corrected chi connectivity index (χ4v) is 2.32. The molecule has 0 aromatic heterocycles. The van der Waals surface area contributed by atoms with E-state index in [2.05, 4.69) is 0 Å². The molecule has 1 unspecified atom stereocenters. The summed E-state index contributed by atoms with van der Waals surface area (Å²) in [7, 11) is 0. The highest BCUT2D eigenvalue weighted by atomic mass is 19.1. The largest absolute Gasteiger partial charge is 0.444 e. The zero-order chi connectivity index (χ0) is 12.7. The van der Waals surface area contributed by atoms with Crippen LogP contribution in [0.2, 0.25) is 0 Å². The van der Waals surface area contributed by atoms with E-state index in [-0.39, 0.29) is 18.1 Å². The van der Waals surface area contributed by atoms with E-state index in [1.54, 1.807) is 4.90 Å². The molecule has 2 fully saturated rings. The van der Waals surface area contributed by atoms with Crippen LogP contribution in [0.4, 0.5) is 9.18 Å². The summed E-state index contributed by atoms with van der Waals surface area (Å²) >= 11 is 0. The molecule has 1 spiro atoms. The summed E-state index contributed by atoms with van der Waals surface area (Å²) in [5, 5.41) is 0. The second kappa shape index (κ2) is 4.12. The summed E-state index contributed by atoms with van der Waals surface area (Å²) in [6.45, 7) is 7.12. The Kier molecular flexibility index (Phi) is 3.06. The first-order valence-electron chi connectivity index (χ1n) is 6.02. The molecule has 0 aromatic rings. The third kappa shape index (κ3) is 2.54. The summed E-state index contributed by atoms with van der Waals surface area (Å²) in [6, 6.07) is 0. The molecule has 0 saturated carbocycles. The van der Waals surface area contributed by atoms with Gasteiger partial charge < -0.3 is 14.4 Å². The van der Waals surface area contributed by atoms with Crippen LogP contribution < -0.4 is 0 Å². The third-order valence-corrected chi connectivity index (χ3v) is 3.34. The Morgan fingerprint density at radius 1 is 1.47 bits per heavy atom. The van der Waals surface area contributed by atoms with Crippen molar-refractivity contribution >= 4 is 6.09 Å². The second-order valence-electron chi connectivity index (χ2n) is 5.99. The third-order valence-electron chi connectivity index (χ3n) is 3.34. The molecular formula is C12H20FNO3. The number of hydrogen-bond acceptors (Lipinski definition) is 3. The highest BCUT2D eigenvalue weighted by Gasteiger charge is 2.53. The molecule has 2 saturated heterocycles. The van der Waals surface area contributed by atoms with Crippen LogP contribution in [0, 0.1) is 5.41 Å². The van der Waals surface area contributed by atoms with Crippen molar-refractivity contribution in [3.8, 4) is 0 Å². The number of carbonyl (C=O) groups is 1. The number of alkyl halides is 1. The number of hydrogen-bond donors (Lipinski definition) is 0. The molecule has 0 radical (unpaired) electrons. The predicted molar refractivity (Wildman–Crippen MR) is 60.6 cm³/mol. The maximum atomic E-state index is 13.8. The lowest BCUT2D eigenvalue weighted by molar-refractivity contribution is -0.131. The van der Waals surface area contributed by atoms with Gasteiger partial charge in [0.2, 0.25) is 0 Å². The van der Waals surface area contributed by atoms with Gasteiger partial charge in [0.15, 0.2) is 0 Å². The van der Waals surface area contributed by atoms with Gasteiger partial charge in [-0.2, -0.15) is 0 Å². The van der Waals surface area contributed by atoms with Crippen LogP contribution in [0.5, 0.6) is 0 Å². The topological polar surface area (TPSA) is 38.8 Å². The van der Waals surface area contributed by atoms with Gasteiger partial charge in [-0.1, -0.05) is 0 Å². The molecule has 0 N–H and O–H groups in total. The molecule has 2 aliphatic rings. The van der Waals surface area contributed by atoms with Gasteiger partial charge in [0.1, 0.15) is 11.8 Å². The molecule has 17 heavy (non-hydrogen) atoms. The monoisotopic (exact) mass is 245 g/mol. The summed E-state index contributed by atoms with van der Waals surface area (Å²) in [6.07, 6.45) is -0.621. The zero-order valence-corrected chi connectivity index (χ0v) is 10.7. The minimum absolute atomic E-state index is 0.155. The van der Waals surface area contributed by atoms with E-state index in [9.17, 15) is 9.18 Å². The van der Waals surface area contributed by atoms with E-state index in [0.29, 0.717) is 26.1 Å². The SMILES string of the molecule is CC(C)(C)OC(=O)N1CC2(CCOCC2F)C1. The van der Waals surface area contributed by atoms with Crippen LogP contribution in [0.1, 0.15) is 27.2 Å². The molecule has 2 heterocycles. The van der Waals surface area contributed by atoms with Crippen LogP contribution in [0.15, 0.2) is 0 Å². The quantitative estimate of drug-likeness (QED) is 0.655. The lowest BCUT2D eigenvalue weighted by Gasteiger charge is -2.53. The van der Waals surface area contributed by atoms with Crippen LogP contribution in [-0.2, 0) is 9.47 Å². The van der Waals surface area contributed by atoms with Crippen molar-refractivity contribution in [3.63, 3.8) is 0 Å². The first-order valence-corrected chi connectivity index (χ1v) is 6.02. The van der Waals surface area contributed by atoms with Crippen LogP contribution in [-0.4, -0.2) is 49.1 Å². The molecule has 0 bridgehead atoms. The number of ether oxygens (including phenoxy) is 2. The standard InChI is InChI=1S/C12H20FNO3/c1-11(2,3)17-10(15)14-7-12(8-14)4-5-16-6-9(12)13/h9H,4-8H2,1-3H3. The fraction of sp³-hybridized carbons (Fsp3) is 0.917. The van der Waals surface area contributed by atoms with Crippen molar-refractivity contribution in [2.45, 2.75) is 39.0 Å². The number of likely N-dealkylation sites (tertiary alicyclic amines) is 1. The van der Waals surface area contributed by atoms with Crippen LogP contribution in [0.25, 0.3) is 0 Å². The van der Waals surface area contributed by atoms with E-state index >= 15 is 0 Å². The maximum Gasteiger partial charge on any atom is 0.410 e. The normalized spacial score (nSPS) is 27.8. The molecule has 0 aliphatic carbocycles. The van der Waals surface area contributed by atoms with E-state index in [1.807, 2.05) is 20.8 Å². The number of rotatable bonds is 0. The Morgan fingerprint density at radius 3 is 2.65 bits per heavy atom. The average molecular weight is 245 g/mol. The molecule has 5 heteroatoms. The van der Waals surface area contributed by atoms with E-state index in [1.165, 1.54) is 0 Å². The molecule has 1 amide bonds. The van der Waals surface area contributed by atoms with Gasteiger partial charge in [-0.3, -0.25) is 0 Å². The Morgan fingerprint density at radius 2 is 2.12 bits per heavy atom. The Hall–Kier alpha value is -0.840. The van der Waals surface area contributed by atoms with E-state index in [4.69, 9.17) is 9.47 Å². The highest BCUT2D eigenvalue weighted by molar-refractivity contribution is 5.69. The molecule has 1 atom stereocenters. The van der Waals surface area contributed by atoms with E-state index < -0.39 is 11.8 Å².